The van der Waals surface area contributed by atoms with Gasteiger partial charge in [-0.2, -0.15) is 5.10 Å². The van der Waals surface area contributed by atoms with E-state index in [1.165, 1.54) is 0 Å². The molecule has 0 radical (unpaired) electrons. The molecule has 3 atom stereocenters. The van der Waals surface area contributed by atoms with Gasteiger partial charge in [-0.05, 0) is 32.8 Å². The number of amides is 2. The minimum Gasteiger partial charge on any atom is -0.341 e. The molecule has 0 N–H and O–H groups in total. The first-order chi connectivity index (χ1) is 15.6. The van der Waals surface area contributed by atoms with E-state index in [0.717, 1.165) is 22.5 Å². The van der Waals surface area contributed by atoms with Crippen molar-refractivity contribution in [2.24, 2.45) is 5.92 Å². The second-order valence-electron chi connectivity index (χ2n) is 9.38. The zero-order valence-electron chi connectivity index (χ0n) is 19.7. The third-order valence-electron chi connectivity index (χ3n) is 7.06. The molecule has 0 spiro atoms. The Morgan fingerprint density at radius 2 is 1.94 bits per heavy atom. The molecule has 2 aromatic rings. The summed E-state index contributed by atoms with van der Waals surface area (Å²) in [5, 5.41) is 4.60. The molecule has 2 amide bonds. The van der Waals surface area contributed by atoms with Crippen LogP contribution in [0.1, 0.15) is 54.4 Å². The molecule has 0 bridgehead atoms. The van der Waals surface area contributed by atoms with Gasteiger partial charge in [-0.3, -0.25) is 14.3 Å². The average molecular weight is 473 g/mol. The van der Waals surface area contributed by atoms with E-state index in [-0.39, 0.29) is 47.7 Å². The van der Waals surface area contributed by atoms with Gasteiger partial charge in [0.25, 0.3) is 0 Å². The van der Waals surface area contributed by atoms with Gasteiger partial charge in [0, 0.05) is 37.8 Å². The number of sulfone groups is 1. The lowest BCUT2D eigenvalue weighted by molar-refractivity contribution is -0.135. The summed E-state index contributed by atoms with van der Waals surface area (Å²) in [5.41, 5.74) is 3.70. The van der Waals surface area contributed by atoms with Gasteiger partial charge in [-0.1, -0.05) is 30.3 Å². The molecular weight excluding hydrogens is 440 g/mol. The Morgan fingerprint density at radius 3 is 2.58 bits per heavy atom. The zero-order chi connectivity index (χ0) is 23.9. The van der Waals surface area contributed by atoms with Crippen LogP contribution in [0.3, 0.4) is 0 Å². The van der Waals surface area contributed by atoms with Gasteiger partial charge in [0.15, 0.2) is 9.84 Å². The van der Waals surface area contributed by atoms with Crippen molar-refractivity contribution >= 4 is 21.7 Å². The number of likely N-dealkylation sites (tertiary alicyclic amines) is 1. The fourth-order valence-corrected chi connectivity index (χ4v) is 6.75. The van der Waals surface area contributed by atoms with Gasteiger partial charge >= 0.3 is 0 Å². The molecule has 2 fully saturated rings. The predicted molar refractivity (Wildman–Crippen MR) is 125 cm³/mol. The van der Waals surface area contributed by atoms with Crippen molar-refractivity contribution < 1.29 is 18.0 Å². The molecule has 0 aliphatic carbocycles. The Hall–Kier alpha value is -2.68. The third-order valence-corrected chi connectivity index (χ3v) is 8.81. The molecule has 178 valence electrons. The van der Waals surface area contributed by atoms with E-state index in [0.29, 0.717) is 19.5 Å². The quantitative estimate of drug-likeness (QED) is 0.644. The Morgan fingerprint density at radius 1 is 1.24 bits per heavy atom. The molecule has 9 heteroatoms. The second-order valence-corrected chi connectivity index (χ2v) is 11.6. The SMILES string of the molecule is Cc1nn(C2CCS(=O)(=O)C2)c(C)c1CN(C)C(=O)C1CC(=O)N(C(C)c2ccccc2)C1. The average Bonchev–Trinajstić information content (AvgIpc) is 3.43. The maximum Gasteiger partial charge on any atom is 0.228 e. The highest BCUT2D eigenvalue weighted by Crippen LogP contribution is 2.31. The Bertz CT molecular complexity index is 1160. The number of aryl methyl sites for hydroxylation is 1. The summed E-state index contributed by atoms with van der Waals surface area (Å²) in [5.74, 6) is -0.119. The monoisotopic (exact) mass is 472 g/mol. The number of benzene rings is 1. The molecule has 3 unspecified atom stereocenters. The molecule has 1 aromatic carbocycles. The largest absolute Gasteiger partial charge is 0.341 e. The summed E-state index contributed by atoms with van der Waals surface area (Å²) in [6, 6.07) is 9.62. The van der Waals surface area contributed by atoms with Crippen LogP contribution in [-0.2, 0) is 26.0 Å². The van der Waals surface area contributed by atoms with E-state index in [2.05, 4.69) is 5.10 Å². The molecule has 4 rings (SSSR count). The summed E-state index contributed by atoms with van der Waals surface area (Å²) in [6.07, 6.45) is 0.787. The predicted octanol–water partition coefficient (Wildman–Crippen LogP) is 2.43. The number of hydrogen-bond donors (Lipinski definition) is 0. The lowest BCUT2D eigenvalue weighted by atomic mass is 10.1. The normalized spacial score (nSPS) is 23.2. The Kier molecular flexibility index (Phi) is 6.35. The van der Waals surface area contributed by atoms with Crippen LogP contribution in [0.5, 0.6) is 0 Å². The maximum atomic E-state index is 13.2. The minimum absolute atomic E-state index is 0.000673. The van der Waals surface area contributed by atoms with Crippen molar-refractivity contribution in [2.45, 2.75) is 52.2 Å². The smallest absolute Gasteiger partial charge is 0.228 e. The summed E-state index contributed by atoms with van der Waals surface area (Å²) < 4.78 is 25.6. The Balaban J connectivity index is 1.44. The van der Waals surface area contributed by atoms with E-state index >= 15 is 0 Å². The standard InChI is InChI=1S/C24H32N4O4S/c1-16-22(18(3)28(25-16)21-10-11-33(31,32)15-21)14-26(4)24(30)20-12-23(29)27(13-20)17(2)19-8-6-5-7-9-19/h5-9,17,20-21H,10-15H2,1-4H3. The van der Waals surface area contributed by atoms with E-state index in [1.54, 1.807) is 16.8 Å². The third kappa shape index (κ3) is 4.69. The maximum absolute atomic E-state index is 13.2. The number of carbonyl (C=O) groups excluding carboxylic acids is 2. The summed E-state index contributed by atoms with van der Waals surface area (Å²) in [7, 11) is -1.25. The Labute approximate surface area is 195 Å². The van der Waals surface area contributed by atoms with E-state index in [4.69, 9.17) is 0 Å². The van der Waals surface area contributed by atoms with Gasteiger partial charge in [0.2, 0.25) is 11.8 Å². The van der Waals surface area contributed by atoms with Crippen molar-refractivity contribution in [1.82, 2.24) is 19.6 Å². The van der Waals surface area contributed by atoms with E-state index in [1.807, 2.05) is 55.8 Å². The van der Waals surface area contributed by atoms with E-state index in [9.17, 15) is 18.0 Å². The van der Waals surface area contributed by atoms with Crippen LogP contribution in [0.4, 0.5) is 0 Å². The van der Waals surface area contributed by atoms with Crippen molar-refractivity contribution in [1.29, 1.82) is 0 Å². The van der Waals surface area contributed by atoms with Crippen LogP contribution in [0.25, 0.3) is 0 Å². The first-order valence-corrected chi connectivity index (χ1v) is 13.2. The zero-order valence-corrected chi connectivity index (χ0v) is 20.5. The summed E-state index contributed by atoms with van der Waals surface area (Å²) in [4.78, 5) is 29.4. The summed E-state index contributed by atoms with van der Waals surface area (Å²) in [6.45, 7) is 6.61. The van der Waals surface area contributed by atoms with Gasteiger partial charge in [-0.15, -0.1) is 0 Å². The van der Waals surface area contributed by atoms with Gasteiger partial charge in [0.05, 0.1) is 35.2 Å². The number of rotatable bonds is 6. The van der Waals surface area contributed by atoms with Gasteiger partial charge in [0.1, 0.15) is 0 Å². The van der Waals surface area contributed by atoms with Crippen molar-refractivity contribution in [3.8, 4) is 0 Å². The van der Waals surface area contributed by atoms with Crippen molar-refractivity contribution in [3.05, 3.63) is 52.8 Å². The lowest BCUT2D eigenvalue weighted by Crippen LogP contribution is -2.35. The molecular formula is C24H32N4O4S. The topological polar surface area (TPSA) is 92.6 Å². The van der Waals surface area contributed by atoms with Crippen molar-refractivity contribution in [3.63, 3.8) is 0 Å². The minimum atomic E-state index is -3.01. The molecule has 33 heavy (non-hydrogen) atoms. The highest BCUT2D eigenvalue weighted by Gasteiger charge is 2.38. The molecule has 2 aliphatic heterocycles. The highest BCUT2D eigenvalue weighted by molar-refractivity contribution is 7.91. The molecule has 2 saturated heterocycles. The molecule has 0 saturated carbocycles. The molecule has 1 aromatic heterocycles. The summed E-state index contributed by atoms with van der Waals surface area (Å²) >= 11 is 0. The van der Waals surface area contributed by atoms with Crippen molar-refractivity contribution in [2.75, 3.05) is 25.1 Å². The first kappa shape index (κ1) is 23.5. The number of nitrogens with zero attached hydrogens (tertiary/aromatic N) is 4. The molecule has 2 aliphatic rings. The van der Waals surface area contributed by atoms with Crippen LogP contribution in [-0.4, -0.2) is 64.9 Å². The molecule has 8 nitrogen and oxygen atoms in total. The van der Waals surface area contributed by atoms with Crippen LogP contribution >= 0.6 is 0 Å². The number of aromatic nitrogens is 2. The first-order valence-electron chi connectivity index (χ1n) is 11.4. The van der Waals surface area contributed by atoms with Crippen LogP contribution in [0.2, 0.25) is 0 Å². The highest BCUT2D eigenvalue weighted by atomic mass is 32.2. The van der Waals surface area contributed by atoms with Gasteiger partial charge < -0.3 is 9.80 Å². The second kappa shape index (κ2) is 8.93. The van der Waals surface area contributed by atoms with Gasteiger partial charge in [-0.25, -0.2) is 8.42 Å². The fourth-order valence-electron chi connectivity index (χ4n) is 5.06. The van der Waals surface area contributed by atoms with Crippen LogP contribution < -0.4 is 0 Å². The van der Waals surface area contributed by atoms with E-state index < -0.39 is 9.84 Å². The lowest BCUT2D eigenvalue weighted by Gasteiger charge is -2.26. The van der Waals surface area contributed by atoms with Crippen LogP contribution in [0, 0.1) is 19.8 Å². The fraction of sp³-hybridized carbons (Fsp3) is 0.542. The number of hydrogen-bond acceptors (Lipinski definition) is 5. The van der Waals surface area contributed by atoms with Crippen LogP contribution in [0.15, 0.2) is 30.3 Å². The number of carbonyl (C=O) groups is 2. The molecule has 3 heterocycles.